The molecule has 1 aliphatic rings. The van der Waals surface area contributed by atoms with E-state index in [9.17, 15) is 4.79 Å². The van der Waals surface area contributed by atoms with E-state index in [0.29, 0.717) is 23.7 Å². The first-order valence-corrected chi connectivity index (χ1v) is 7.36. The van der Waals surface area contributed by atoms with Gasteiger partial charge in [-0.05, 0) is 18.2 Å². The van der Waals surface area contributed by atoms with Gasteiger partial charge in [0.05, 0.1) is 27.4 Å². The van der Waals surface area contributed by atoms with Crippen LogP contribution in [0, 0.1) is 0 Å². The van der Waals surface area contributed by atoms with Crippen molar-refractivity contribution < 1.29 is 19.0 Å². The molecule has 0 saturated heterocycles. The lowest BCUT2D eigenvalue weighted by Gasteiger charge is -2.28. The van der Waals surface area contributed by atoms with Gasteiger partial charge < -0.3 is 19.5 Å². The molecule has 0 aliphatic carbocycles. The minimum absolute atomic E-state index is 0.112. The predicted molar refractivity (Wildman–Crippen MR) is 87.9 cm³/mol. The third kappa shape index (κ3) is 2.70. The van der Waals surface area contributed by atoms with Crippen LogP contribution >= 0.6 is 0 Å². The molecule has 5 nitrogen and oxygen atoms in total. The molecule has 5 heteroatoms. The van der Waals surface area contributed by atoms with Gasteiger partial charge in [-0.3, -0.25) is 4.79 Å². The van der Waals surface area contributed by atoms with E-state index in [4.69, 9.17) is 14.2 Å². The number of ether oxygens (including phenoxy) is 3. The van der Waals surface area contributed by atoms with E-state index >= 15 is 0 Å². The lowest BCUT2D eigenvalue weighted by molar-refractivity contribution is 0.0972. The zero-order valence-corrected chi connectivity index (χ0v) is 13.4. The summed E-state index contributed by atoms with van der Waals surface area (Å²) in [4.78, 5) is 12.4. The molecular weight excluding hydrogens is 294 g/mol. The van der Waals surface area contributed by atoms with Crippen LogP contribution in [-0.4, -0.2) is 27.1 Å². The number of carbonyl (C=O) groups excluding carboxylic acids is 1. The summed E-state index contributed by atoms with van der Waals surface area (Å²) in [6.45, 7) is 0. The van der Waals surface area contributed by atoms with Gasteiger partial charge in [-0.1, -0.05) is 12.1 Å². The van der Waals surface area contributed by atoms with Crippen molar-refractivity contribution >= 4 is 11.5 Å². The van der Waals surface area contributed by atoms with Crippen LogP contribution in [0.4, 0.5) is 5.69 Å². The molecule has 0 amide bonds. The number of fused-ring (bicyclic) bond motifs is 1. The number of ketones is 1. The number of anilines is 1. The van der Waals surface area contributed by atoms with E-state index in [0.717, 1.165) is 16.8 Å². The third-order valence-corrected chi connectivity index (χ3v) is 4.06. The fourth-order valence-electron chi connectivity index (χ4n) is 2.90. The zero-order valence-electron chi connectivity index (χ0n) is 13.4. The molecule has 3 rings (SSSR count). The molecule has 1 aliphatic heterocycles. The van der Waals surface area contributed by atoms with E-state index in [1.807, 2.05) is 30.3 Å². The number of hydrogen-bond donors (Lipinski definition) is 1. The summed E-state index contributed by atoms with van der Waals surface area (Å²) < 4.78 is 16.2. The largest absolute Gasteiger partial charge is 0.496 e. The van der Waals surface area contributed by atoms with Crippen LogP contribution in [0.3, 0.4) is 0 Å². The van der Waals surface area contributed by atoms with Crippen molar-refractivity contribution in [3.63, 3.8) is 0 Å². The van der Waals surface area contributed by atoms with Crippen LogP contribution in [-0.2, 0) is 0 Å². The number of benzene rings is 2. The number of nitrogens with one attached hydrogen (secondary N) is 1. The average Bonchev–Trinajstić information content (AvgIpc) is 2.60. The van der Waals surface area contributed by atoms with E-state index in [1.165, 1.54) is 0 Å². The van der Waals surface area contributed by atoms with Crippen LogP contribution < -0.4 is 19.5 Å². The second kappa shape index (κ2) is 6.20. The first-order valence-electron chi connectivity index (χ1n) is 7.36. The second-order valence-corrected chi connectivity index (χ2v) is 5.32. The van der Waals surface area contributed by atoms with Crippen molar-refractivity contribution in [2.24, 2.45) is 0 Å². The standard InChI is InChI=1S/C18H19NO4/c1-21-16-10-18(23-3)17(22-2)8-12(16)14-9-15(20)11-6-4-5-7-13(11)19-14/h4-8,10,14,19H,9H2,1-3H3/t14-/m1/s1. The van der Waals surface area contributed by atoms with Crippen LogP contribution in [0.1, 0.15) is 28.4 Å². The van der Waals surface area contributed by atoms with Crippen molar-refractivity contribution in [1.82, 2.24) is 0 Å². The maximum Gasteiger partial charge on any atom is 0.167 e. The van der Waals surface area contributed by atoms with E-state index in [-0.39, 0.29) is 11.8 Å². The van der Waals surface area contributed by atoms with Gasteiger partial charge in [0, 0.05) is 29.3 Å². The molecule has 0 unspecified atom stereocenters. The number of methoxy groups -OCH3 is 3. The molecule has 1 heterocycles. The molecule has 23 heavy (non-hydrogen) atoms. The minimum atomic E-state index is -0.174. The van der Waals surface area contributed by atoms with Crippen molar-refractivity contribution in [2.75, 3.05) is 26.6 Å². The Morgan fingerprint density at radius 1 is 0.957 bits per heavy atom. The van der Waals surface area contributed by atoms with Crippen LogP contribution in [0.5, 0.6) is 17.2 Å². The average molecular weight is 313 g/mol. The quantitative estimate of drug-likeness (QED) is 0.937. The molecule has 0 radical (unpaired) electrons. The molecule has 0 bridgehead atoms. The molecule has 2 aromatic rings. The summed E-state index contributed by atoms with van der Waals surface area (Å²) in [5.41, 5.74) is 2.43. The summed E-state index contributed by atoms with van der Waals surface area (Å²) >= 11 is 0. The highest BCUT2D eigenvalue weighted by Gasteiger charge is 2.28. The maximum atomic E-state index is 12.4. The second-order valence-electron chi connectivity index (χ2n) is 5.32. The van der Waals surface area contributed by atoms with Gasteiger partial charge in [-0.2, -0.15) is 0 Å². The molecule has 0 saturated carbocycles. The zero-order chi connectivity index (χ0) is 16.4. The number of hydrogen-bond acceptors (Lipinski definition) is 5. The predicted octanol–water partition coefficient (Wildman–Crippen LogP) is 3.45. The lowest BCUT2D eigenvalue weighted by Crippen LogP contribution is -2.23. The summed E-state index contributed by atoms with van der Waals surface area (Å²) in [6, 6.07) is 11.0. The highest BCUT2D eigenvalue weighted by atomic mass is 16.5. The molecule has 1 N–H and O–H groups in total. The van der Waals surface area contributed by atoms with E-state index < -0.39 is 0 Å². The molecule has 0 fully saturated rings. The Kier molecular flexibility index (Phi) is 4.10. The third-order valence-electron chi connectivity index (χ3n) is 4.06. The number of carbonyl (C=O) groups is 1. The molecule has 120 valence electrons. The SMILES string of the molecule is COc1cc(OC)c([C@H]2CC(=O)c3ccccc3N2)cc1OC. The monoisotopic (exact) mass is 313 g/mol. The maximum absolute atomic E-state index is 12.4. The van der Waals surface area contributed by atoms with Crippen molar-refractivity contribution in [1.29, 1.82) is 0 Å². The Balaban J connectivity index is 2.04. The van der Waals surface area contributed by atoms with Gasteiger partial charge in [0.15, 0.2) is 17.3 Å². The molecule has 0 spiro atoms. The van der Waals surface area contributed by atoms with Crippen LogP contribution in [0.2, 0.25) is 0 Å². The highest BCUT2D eigenvalue weighted by molar-refractivity contribution is 6.03. The Bertz CT molecular complexity index is 742. The Morgan fingerprint density at radius 3 is 2.30 bits per heavy atom. The van der Waals surface area contributed by atoms with Gasteiger partial charge in [-0.25, -0.2) is 0 Å². The molecular formula is C18H19NO4. The smallest absolute Gasteiger partial charge is 0.167 e. The summed E-state index contributed by atoms with van der Waals surface area (Å²) in [5, 5.41) is 3.41. The van der Waals surface area contributed by atoms with Gasteiger partial charge in [0.25, 0.3) is 0 Å². The number of rotatable bonds is 4. The number of para-hydroxylation sites is 1. The summed E-state index contributed by atoms with van der Waals surface area (Å²) in [5.74, 6) is 1.97. The van der Waals surface area contributed by atoms with Gasteiger partial charge >= 0.3 is 0 Å². The minimum Gasteiger partial charge on any atom is -0.496 e. The summed E-state index contributed by atoms with van der Waals surface area (Å²) in [6.07, 6.45) is 0.364. The fraction of sp³-hybridized carbons (Fsp3) is 0.278. The summed E-state index contributed by atoms with van der Waals surface area (Å²) in [7, 11) is 4.77. The lowest BCUT2D eigenvalue weighted by atomic mass is 9.91. The van der Waals surface area contributed by atoms with Crippen molar-refractivity contribution in [3.05, 3.63) is 47.5 Å². The van der Waals surface area contributed by atoms with Crippen LogP contribution in [0.15, 0.2) is 36.4 Å². The van der Waals surface area contributed by atoms with E-state index in [2.05, 4.69) is 5.32 Å². The van der Waals surface area contributed by atoms with Gasteiger partial charge in [0.1, 0.15) is 5.75 Å². The van der Waals surface area contributed by atoms with Crippen molar-refractivity contribution in [3.8, 4) is 17.2 Å². The molecule has 0 aromatic heterocycles. The molecule has 1 atom stereocenters. The first kappa shape index (κ1) is 15.2. The topological polar surface area (TPSA) is 56.8 Å². The first-order chi connectivity index (χ1) is 11.2. The van der Waals surface area contributed by atoms with Gasteiger partial charge in [0.2, 0.25) is 0 Å². The Labute approximate surface area is 135 Å². The normalized spacial score (nSPS) is 16.3. The number of Topliss-reactive ketones (excluding diaryl/α,β-unsaturated/α-hetero) is 1. The van der Waals surface area contributed by atoms with Gasteiger partial charge in [-0.15, -0.1) is 0 Å². The Hall–Kier alpha value is -2.69. The fourth-order valence-corrected chi connectivity index (χ4v) is 2.90. The van der Waals surface area contributed by atoms with E-state index in [1.54, 1.807) is 27.4 Å². The highest BCUT2D eigenvalue weighted by Crippen LogP contribution is 2.41. The molecule has 2 aromatic carbocycles. The van der Waals surface area contributed by atoms with Crippen molar-refractivity contribution in [2.45, 2.75) is 12.5 Å². The Morgan fingerprint density at radius 2 is 1.61 bits per heavy atom. The van der Waals surface area contributed by atoms with Crippen LogP contribution in [0.25, 0.3) is 0 Å².